The van der Waals surface area contributed by atoms with Gasteiger partial charge >= 0.3 is 0 Å². The van der Waals surface area contributed by atoms with Crippen molar-refractivity contribution in [3.05, 3.63) is 42.0 Å². The van der Waals surface area contributed by atoms with E-state index in [4.69, 9.17) is 9.47 Å². The van der Waals surface area contributed by atoms with E-state index in [2.05, 4.69) is 0 Å². The van der Waals surface area contributed by atoms with Crippen LogP contribution in [0.5, 0.6) is 17.2 Å². The van der Waals surface area contributed by atoms with Crippen LogP contribution in [0.2, 0.25) is 0 Å². The van der Waals surface area contributed by atoms with Crippen LogP contribution in [0.1, 0.15) is 5.56 Å². The van der Waals surface area contributed by atoms with Gasteiger partial charge in [-0.05, 0) is 47.9 Å². The SMILES string of the molecule is Cc1cc(-c2ccc3c(c2)OCCO3)ccc1O. The molecule has 0 saturated carbocycles. The molecule has 1 N–H and O–H groups in total. The first-order chi connectivity index (χ1) is 8.74. The van der Waals surface area contributed by atoms with Crippen LogP contribution < -0.4 is 9.47 Å². The van der Waals surface area contributed by atoms with E-state index in [0.717, 1.165) is 28.2 Å². The maximum absolute atomic E-state index is 9.54. The number of hydrogen-bond acceptors (Lipinski definition) is 3. The molecule has 0 radical (unpaired) electrons. The van der Waals surface area contributed by atoms with Crippen molar-refractivity contribution in [1.29, 1.82) is 0 Å². The molecule has 0 amide bonds. The molecule has 18 heavy (non-hydrogen) atoms. The molecule has 1 aliphatic heterocycles. The minimum absolute atomic E-state index is 0.316. The number of phenolic OH excluding ortho intramolecular Hbond substituents is 1. The van der Waals surface area contributed by atoms with E-state index >= 15 is 0 Å². The summed E-state index contributed by atoms with van der Waals surface area (Å²) in [6, 6.07) is 11.5. The van der Waals surface area contributed by atoms with E-state index in [9.17, 15) is 5.11 Å². The van der Waals surface area contributed by atoms with Crippen LogP contribution in [-0.2, 0) is 0 Å². The number of aromatic hydroxyl groups is 1. The smallest absolute Gasteiger partial charge is 0.161 e. The van der Waals surface area contributed by atoms with Crippen molar-refractivity contribution in [1.82, 2.24) is 0 Å². The summed E-state index contributed by atoms with van der Waals surface area (Å²) in [5, 5.41) is 9.54. The van der Waals surface area contributed by atoms with Crippen LogP contribution in [0.15, 0.2) is 36.4 Å². The topological polar surface area (TPSA) is 38.7 Å². The summed E-state index contributed by atoms with van der Waals surface area (Å²) in [6.07, 6.45) is 0. The fraction of sp³-hybridized carbons (Fsp3) is 0.200. The summed E-state index contributed by atoms with van der Waals surface area (Å²) in [4.78, 5) is 0. The minimum atomic E-state index is 0.316. The van der Waals surface area contributed by atoms with Gasteiger partial charge in [0.25, 0.3) is 0 Å². The van der Waals surface area contributed by atoms with Crippen molar-refractivity contribution in [3.63, 3.8) is 0 Å². The second-order valence-corrected chi connectivity index (χ2v) is 4.36. The minimum Gasteiger partial charge on any atom is -0.508 e. The molecule has 2 aromatic carbocycles. The first-order valence-electron chi connectivity index (χ1n) is 5.94. The number of fused-ring (bicyclic) bond motifs is 1. The summed E-state index contributed by atoms with van der Waals surface area (Å²) in [5.74, 6) is 1.89. The molecule has 0 spiro atoms. The van der Waals surface area contributed by atoms with E-state index < -0.39 is 0 Å². The molecule has 0 fully saturated rings. The van der Waals surface area contributed by atoms with Crippen molar-refractivity contribution in [3.8, 4) is 28.4 Å². The van der Waals surface area contributed by atoms with Gasteiger partial charge in [0.1, 0.15) is 19.0 Å². The quantitative estimate of drug-likeness (QED) is 0.835. The van der Waals surface area contributed by atoms with E-state index in [-0.39, 0.29) is 0 Å². The van der Waals surface area contributed by atoms with E-state index in [1.807, 2.05) is 37.3 Å². The second-order valence-electron chi connectivity index (χ2n) is 4.36. The number of aryl methyl sites for hydroxylation is 1. The van der Waals surface area contributed by atoms with Gasteiger partial charge in [0.2, 0.25) is 0 Å². The van der Waals surface area contributed by atoms with Crippen LogP contribution in [0, 0.1) is 6.92 Å². The zero-order chi connectivity index (χ0) is 12.5. The normalized spacial score (nSPS) is 13.4. The van der Waals surface area contributed by atoms with Gasteiger partial charge in [0.15, 0.2) is 11.5 Å². The standard InChI is InChI=1S/C15H14O3/c1-10-8-11(2-4-13(10)16)12-3-5-14-15(9-12)18-7-6-17-14/h2-5,8-9,16H,6-7H2,1H3. The monoisotopic (exact) mass is 242 g/mol. The third-order valence-corrected chi connectivity index (χ3v) is 3.07. The molecule has 1 aliphatic rings. The van der Waals surface area contributed by atoms with Gasteiger partial charge in [0, 0.05) is 0 Å². The second kappa shape index (κ2) is 4.26. The largest absolute Gasteiger partial charge is 0.508 e. The van der Waals surface area contributed by atoms with E-state index in [0.29, 0.717) is 19.0 Å². The first kappa shape index (κ1) is 11.0. The lowest BCUT2D eigenvalue weighted by Crippen LogP contribution is -2.15. The molecule has 0 unspecified atom stereocenters. The summed E-state index contributed by atoms with van der Waals surface area (Å²) in [7, 11) is 0. The van der Waals surface area contributed by atoms with Gasteiger partial charge < -0.3 is 14.6 Å². The lowest BCUT2D eigenvalue weighted by atomic mass is 10.0. The Hall–Kier alpha value is -2.16. The zero-order valence-corrected chi connectivity index (χ0v) is 10.1. The van der Waals surface area contributed by atoms with Crippen LogP contribution in [0.3, 0.4) is 0 Å². The Morgan fingerprint density at radius 3 is 2.33 bits per heavy atom. The molecule has 0 saturated heterocycles. The third kappa shape index (κ3) is 1.88. The van der Waals surface area contributed by atoms with Crippen LogP contribution in [0.4, 0.5) is 0 Å². The highest BCUT2D eigenvalue weighted by atomic mass is 16.6. The third-order valence-electron chi connectivity index (χ3n) is 3.07. The summed E-state index contributed by atoms with van der Waals surface area (Å²) in [5.41, 5.74) is 2.98. The molecule has 3 rings (SSSR count). The van der Waals surface area contributed by atoms with Gasteiger partial charge in [-0.3, -0.25) is 0 Å². The maximum Gasteiger partial charge on any atom is 0.161 e. The fourth-order valence-corrected chi connectivity index (χ4v) is 2.06. The van der Waals surface area contributed by atoms with Crippen LogP contribution in [0.25, 0.3) is 11.1 Å². The molecule has 0 atom stereocenters. The summed E-state index contributed by atoms with van der Waals surface area (Å²) < 4.78 is 11.1. The first-order valence-corrected chi connectivity index (χ1v) is 5.94. The van der Waals surface area contributed by atoms with Crippen molar-refractivity contribution >= 4 is 0 Å². The number of benzene rings is 2. The van der Waals surface area contributed by atoms with Gasteiger partial charge in [-0.2, -0.15) is 0 Å². The molecule has 3 heteroatoms. The fourth-order valence-electron chi connectivity index (χ4n) is 2.06. The molecule has 3 nitrogen and oxygen atoms in total. The predicted molar refractivity (Wildman–Crippen MR) is 69.3 cm³/mol. The highest BCUT2D eigenvalue weighted by molar-refractivity contribution is 5.68. The number of hydrogen-bond donors (Lipinski definition) is 1. The summed E-state index contributed by atoms with van der Waals surface area (Å²) in [6.45, 7) is 3.08. The molecular formula is C15H14O3. The van der Waals surface area contributed by atoms with E-state index in [1.54, 1.807) is 6.07 Å². The molecular weight excluding hydrogens is 228 g/mol. The molecule has 0 aromatic heterocycles. The van der Waals surface area contributed by atoms with Crippen LogP contribution >= 0.6 is 0 Å². The summed E-state index contributed by atoms with van der Waals surface area (Å²) >= 11 is 0. The Morgan fingerprint density at radius 2 is 1.56 bits per heavy atom. The number of rotatable bonds is 1. The molecule has 0 bridgehead atoms. The molecule has 0 aliphatic carbocycles. The molecule has 92 valence electrons. The Bertz CT molecular complexity index is 590. The Labute approximate surface area is 106 Å². The van der Waals surface area contributed by atoms with Gasteiger partial charge in [0.05, 0.1) is 0 Å². The maximum atomic E-state index is 9.54. The highest BCUT2D eigenvalue weighted by Crippen LogP contribution is 2.35. The average Bonchev–Trinajstić information content (AvgIpc) is 2.41. The Kier molecular flexibility index (Phi) is 2.59. The Morgan fingerprint density at radius 1 is 0.889 bits per heavy atom. The lowest BCUT2D eigenvalue weighted by molar-refractivity contribution is 0.171. The van der Waals surface area contributed by atoms with Gasteiger partial charge in [-0.15, -0.1) is 0 Å². The van der Waals surface area contributed by atoms with Gasteiger partial charge in [-0.25, -0.2) is 0 Å². The molecule has 2 aromatic rings. The van der Waals surface area contributed by atoms with Crippen LogP contribution in [-0.4, -0.2) is 18.3 Å². The van der Waals surface area contributed by atoms with Crippen molar-refractivity contribution in [2.24, 2.45) is 0 Å². The lowest BCUT2D eigenvalue weighted by Gasteiger charge is -2.19. The van der Waals surface area contributed by atoms with Gasteiger partial charge in [-0.1, -0.05) is 12.1 Å². The highest BCUT2D eigenvalue weighted by Gasteiger charge is 2.12. The Balaban J connectivity index is 2.03. The number of phenols is 1. The van der Waals surface area contributed by atoms with Crippen molar-refractivity contribution in [2.45, 2.75) is 6.92 Å². The number of ether oxygens (including phenoxy) is 2. The average molecular weight is 242 g/mol. The van der Waals surface area contributed by atoms with E-state index in [1.165, 1.54) is 0 Å². The predicted octanol–water partition coefficient (Wildman–Crippen LogP) is 3.14. The molecule has 1 heterocycles. The zero-order valence-electron chi connectivity index (χ0n) is 10.1. The van der Waals surface area contributed by atoms with Crippen molar-refractivity contribution < 1.29 is 14.6 Å². The van der Waals surface area contributed by atoms with Crippen molar-refractivity contribution in [2.75, 3.05) is 13.2 Å².